The van der Waals surface area contributed by atoms with Gasteiger partial charge in [-0.2, -0.15) is 0 Å². The van der Waals surface area contributed by atoms with E-state index in [0.29, 0.717) is 11.4 Å². The second-order valence-electron chi connectivity index (χ2n) is 10.2. The third-order valence-electron chi connectivity index (χ3n) is 7.68. The standard InChI is InChI=1S/C38H24N2O/c1-3-11-25(12-4-1)28-16-9-17-29(23-28)30-18-10-19-31(24-30)38-39-35(27-14-5-2-6-15-27)37-36(40-38)34-32-20-8-7-13-26(32)21-22-33(34)41-37/h1-24H. The largest absolute Gasteiger partial charge is 0.452 e. The van der Waals surface area contributed by atoms with Gasteiger partial charge in [0.2, 0.25) is 0 Å². The van der Waals surface area contributed by atoms with E-state index in [1.54, 1.807) is 0 Å². The van der Waals surface area contributed by atoms with Gasteiger partial charge in [-0.05, 0) is 51.2 Å². The maximum absolute atomic E-state index is 6.46. The molecule has 2 heterocycles. The molecule has 6 aromatic carbocycles. The highest BCUT2D eigenvalue weighted by Crippen LogP contribution is 2.39. The van der Waals surface area contributed by atoms with E-state index in [2.05, 4.69) is 115 Å². The fraction of sp³-hybridized carbons (Fsp3) is 0. The highest BCUT2D eigenvalue weighted by Gasteiger charge is 2.19. The van der Waals surface area contributed by atoms with Gasteiger partial charge in [0.1, 0.15) is 16.8 Å². The van der Waals surface area contributed by atoms with Crippen molar-refractivity contribution in [1.82, 2.24) is 9.97 Å². The summed E-state index contributed by atoms with van der Waals surface area (Å²) in [5.41, 5.74) is 9.76. The van der Waals surface area contributed by atoms with Gasteiger partial charge in [0, 0.05) is 11.1 Å². The maximum Gasteiger partial charge on any atom is 0.180 e. The molecule has 0 unspecified atom stereocenters. The van der Waals surface area contributed by atoms with E-state index < -0.39 is 0 Å². The predicted octanol–water partition coefficient (Wildman–Crippen LogP) is 10.2. The summed E-state index contributed by atoms with van der Waals surface area (Å²) in [6, 6.07) is 50.4. The van der Waals surface area contributed by atoms with E-state index in [4.69, 9.17) is 14.4 Å². The quantitative estimate of drug-likeness (QED) is 0.230. The van der Waals surface area contributed by atoms with E-state index in [-0.39, 0.29) is 0 Å². The number of furan rings is 1. The molecule has 3 heteroatoms. The first-order valence-corrected chi connectivity index (χ1v) is 13.8. The van der Waals surface area contributed by atoms with Crippen LogP contribution in [-0.2, 0) is 0 Å². The Kier molecular flexibility index (Phi) is 5.46. The van der Waals surface area contributed by atoms with Gasteiger partial charge in [-0.15, -0.1) is 0 Å². The summed E-state index contributed by atoms with van der Waals surface area (Å²) >= 11 is 0. The molecule has 0 saturated heterocycles. The molecule has 8 rings (SSSR count). The van der Waals surface area contributed by atoms with Crippen LogP contribution in [0.3, 0.4) is 0 Å². The minimum absolute atomic E-state index is 0.674. The first-order chi connectivity index (χ1) is 20.3. The molecule has 0 atom stereocenters. The van der Waals surface area contributed by atoms with E-state index in [0.717, 1.165) is 55.2 Å². The lowest BCUT2D eigenvalue weighted by molar-refractivity contribution is 0.667. The van der Waals surface area contributed by atoms with Crippen LogP contribution in [0.5, 0.6) is 0 Å². The zero-order valence-electron chi connectivity index (χ0n) is 22.2. The second kappa shape index (κ2) is 9.58. The first-order valence-electron chi connectivity index (χ1n) is 13.8. The van der Waals surface area contributed by atoms with Gasteiger partial charge in [-0.1, -0.05) is 127 Å². The van der Waals surface area contributed by atoms with Crippen LogP contribution in [0.1, 0.15) is 0 Å². The second-order valence-corrected chi connectivity index (χ2v) is 10.2. The third-order valence-corrected chi connectivity index (χ3v) is 7.68. The maximum atomic E-state index is 6.46. The summed E-state index contributed by atoms with van der Waals surface area (Å²) in [4.78, 5) is 10.3. The minimum Gasteiger partial charge on any atom is -0.452 e. The summed E-state index contributed by atoms with van der Waals surface area (Å²) in [5, 5.41) is 3.30. The average molecular weight is 525 g/mol. The Labute approximate surface area is 237 Å². The van der Waals surface area contributed by atoms with Gasteiger partial charge >= 0.3 is 0 Å². The summed E-state index contributed by atoms with van der Waals surface area (Å²) in [6.07, 6.45) is 0. The van der Waals surface area contributed by atoms with Crippen molar-refractivity contribution in [3.63, 3.8) is 0 Å². The number of fused-ring (bicyclic) bond motifs is 5. The average Bonchev–Trinajstić information content (AvgIpc) is 3.44. The van der Waals surface area contributed by atoms with Crippen molar-refractivity contribution in [3.05, 3.63) is 146 Å². The van der Waals surface area contributed by atoms with Crippen molar-refractivity contribution in [1.29, 1.82) is 0 Å². The SMILES string of the molecule is c1ccc(-c2cccc(-c3cccc(-c4nc(-c5ccccc5)c5oc6ccc7ccccc7c6c5n4)c3)c2)cc1. The lowest BCUT2D eigenvalue weighted by Gasteiger charge is -2.09. The Morgan fingerprint density at radius 2 is 1.02 bits per heavy atom. The van der Waals surface area contributed by atoms with Gasteiger partial charge in [0.15, 0.2) is 11.4 Å². The van der Waals surface area contributed by atoms with Gasteiger partial charge in [-0.3, -0.25) is 0 Å². The zero-order chi connectivity index (χ0) is 27.2. The van der Waals surface area contributed by atoms with E-state index in [9.17, 15) is 0 Å². The molecule has 0 fully saturated rings. The predicted molar refractivity (Wildman–Crippen MR) is 169 cm³/mol. The smallest absolute Gasteiger partial charge is 0.180 e. The van der Waals surface area contributed by atoms with Crippen molar-refractivity contribution in [2.45, 2.75) is 0 Å². The Bertz CT molecular complexity index is 2200. The van der Waals surface area contributed by atoms with Crippen molar-refractivity contribution >= 4 is 32.8 Å². The number of aromatic nitrogens is 2. The lowest BCUT2D eigenvalue weighted by atomic mass is 9.98. The summed E-state index contributed by atoms with van der Waals surface area (Å²) in [7, 11) is 0. The van der Waals surface area contributed by atoms with Crippen molar-refractivity contribution < 1.29 is 4.42 Å². The summed E-state index contributed by atoms with van der Waals surface area (Å²) < 4.78 is 6.46. The molecule has 8 aromatic rings. The molecule has 0 amide bonds. The van der Waals surface area contributed by atoms with Crippen molar-refractivity contribution in [2.24, 2.45) is 0 Å². The van der Waals surface area contributed by atoms with Crippen LogP contribution in [-0.4, -0.2) is 9.97 Å². The summed E-state index contributed by atoms with van der Waals surface area (Å²) in [5.74, 6) is 0.674. The van der Waals surface area contributed by atoms with Gasteiger partial charge in [0.25, 0.3) is 0 Å². The number of rotatable bonds is 4. The number of benzene rings is 6. The molecule has 3 nitrogen and oxygen atoms in total. The lowest BCUT2D eigenvalue weighted by Crippen LogP contribution is -1.94. The molecule has 2 aromatic heterocycles. The third kappa shape index (κ3) is 4.07. The first kappa shape index (κ1) is 23.4. The van der Waals surface area contributed by atoms with Gasteiger partial charge < -0.3 is 4.42 Å². The number of hydrogen-bond donors (Lipinski definition) is 0. The van der Waals surface area contributed by atoms with Crippen LogP contribution in [0, 0.1) is 0 Å². The van der Waals surface area contributed by atoms with Crippen LogP contribution in [0.2, 0.25) is 0 Å². The number of hydrogen-bond acceptors (Lipinski definition) is 3. The monoisotopic (exact) mass is 524 g/mol. The molecule has 0 saturated carbocycles. The fourth-order valence-corrected chi connectivity index (χ4v) is 5.67. The van der Waals surface area contributed by atoms with E-state index in [1.807, 2.05) is 30.3 Å². The van der Waals surface area contributed by atoms with Crippen LogP contribution in [0.25, 0.3) is 77.7 Å². The molecule has 0 bridgehead atoms. The molecule has 0 radical (unpaired) electrons. The molecular weight excluding hydrogens is 500 g/mol. The molecule has 192 valence electrons. The highest BCUT2D eigenvalue weighted by atomic mass is 16.3. The van der Waals surface area contributed by atoms with Crippen molar-refractivity contribution in [3.8, 4) is 44.9 Å². The Morgan fingerprint density at radius 3 is 1.78 bits per heavy atom. The zero-order valence-corrected chi connectivity index (χ0v) is 22.2. The Morgan fingerprint density at radius 1 is 0.439 bits per heavy atom. The minimum atomic E-state index is 0.674. The molecule has 0 aliphatic carbocycles. The Balaban J connectivity index is 1.34. The normalized spacial score (nSPS) is 11.4. The topological polar surface area (TPSA) is 38.9 Å². The summed E-state index contributed by atoms with van der Waals surface area (Å²) in [6.45, 7) is 0. The molecule has 41 heavy (non-hydrogen) atoms. The van der Waals surface area contributed by atoms with Crippen LogP contribution >= 0.6 is 0 Å². The molecular formula is C38H24N2O. The van der Waals surface area contributed by atoms with Crippen molar-refractivity contribution in [2.75, 3.05) is 0 Å². The fourth-order valence-electron chi connectivity index (χ4n) is 5.67. The van der Waals surface area contributed by atoms with Gasteiger partial charge in [-0.25, -0.2) is 9.97 Å². The Hall–Kier alpha value is -5.54. The van der Waals surface area contributed by atoms with Gasteiger partial charge in [0.05, 0.1) is 5.39 Å². The van der Waals surface area contributed by atoms with Crippen LogP contribution in [0.15, 0.2) is 150 Å². The highest BCUT2D eigenvalue weighted by molar-refractivity contribution is 6.19. The van der Waals surface area contributed by atoms with E-state index in [1.165, 1.54) is 11.1 Å². The molecule has 0 aliphatic rings. The molecule has 0 N–H and O–H groups in total. The van der Waals surface area contributed by atoms with Crippen LogP contribution < -0.4 is 0 Å². The molecule has 0 aliphatic heterocycles. The molecule has 0 spiro atoms. The number of nitrogens with zero attached hydrogens (tertiary/aromatic N) is 2. The van der Waals surface area contributed by atoms with E-state index >= 15 is 0 Å². The van der Waals surface area contributed by atoms with Crippen LogP contribution in [0.4, 0.5) is 0 Å².